The van der Waals surface area contributed by atoms with Crippen LogP contribution in [-0.4, -0.2) is 24.5 Å². The number of hydrogen-bond donors (Lipinski definition) is 4. The molecule has 1 aliphatic rings. The highest BCUT2D eigenvalue weighted by atomic mass is 16.2. The molecule has 0 saturated carbocycles. The topological polar surface area (TPSA) is 96.2 Å². The number of urea groups is 1. The highest BCUT2D eigenvalue weighted by molar-refractivity contribution is 5.91. The van der Waals surface area contributed by atoms with Crippen molar-refractivity contribution in [3.05, 3.63) is 24.3 Å². The Bertz CT molecular complexity index is 481. The lowest BCUT2D eigenvalue weighted by molar-refractivity contribution is -0.116. The van der Waals surface area contributed by atoms with Crippen LogP contribution in [0.1, 0.15) is 32.1 Å². The van der Waals surface area contributed by atoms with E-state index in [9.17, 15) is 9.59 Å². The SMILES string of the molecule is NC(=O)Nc1ccc(NC(=O)CCC2CCCCN2)cc1. The zero-order chi connectivity index (χ0) is 15.1. The Kier molecular flexibility index (Phi) is 5.57. The van der Waals surface area contributed by atoms with E-state index in [-0.39, 0.29) is 5.91 Å². The molecule has 1 aliphatic heterocycles. The smallest absolute Gasteiger partial charge is 0.316 e. The number of carbonyl (C=O) groups excluding carboxylic acids is 2. The summed E-state index contributed by atoms with van der Waals surface area (Å²) in [5.74, 6) is 0.0120. The standard InChI is InChI=1S/C15H22N4O2/c16-15(21)19-13-6-4-12(5-7-13)18-14(20)9-8-11-3-1-2-10-17-11/h4-7,11,17H,1-3,8-10H2,(H,18,20)(H3,16,19,21). The fraction of sp³-hybridized carbons (Fsp3) is 0.467. The van der Waals surface area contributed by atoms with Gasteiger partial charge in [0, 0.05) is 23.8 Å². The third-order valence-corrected chi connectivity index (χ3v) is 3.57. The largest absolute Gasteiger partial charge is 0.351 e. The number of nitrogens with one attached hydrogen (secondary N) is 3. The first-order chi connectivity index (χ1) is 10.1. The van der Waals surface area contributed by atoms with Crippen molar-refractivity contribution in [2.75, 3.05) is 17.2 Å². The predicted molar refractivity (Wildman–Crippen MR) is 83.2 cm³/mol. The molecule has 1 unspecified atom stereocenters. The minimum atomic E-state index is -0.605. The van der Waals surface area contributed by atoms with E-state index in [0.29, 0.717) is 23.8 Å². The summed E-state index contributed by atoms with van der Waals surface area (Å²) in [5.41, 5.74) is 6.35. The van der Waals surface area contributed by atoms with Gasteiger partial charge in [-0.05, 0) is 50.1 Å². The molecule has 6 nitrogen and oxygen atoms in total. The molecule has 1 aromatic rings. The Balaban J connectivity index is 1.75. The van der Waals surface area contributed by atoms with Crippen molar-refractivity contribution in [3.63, 3.8) is 0 Å². The maximum atomic E-state index is 11.9. The second-order valence-electron chi connectivity index (χ2n) is 5.30. The Morgan fingerprint density at radius 1 is 1.14 bits per heavy atom. The number of benzene rings is 1. The molecule has 1 saturated heterocycles. The molecule has 5 N–H and O–H groups in total. The third-order valence-electron chi connectivity index (χ3n) is 3.57. The Morgan fingerprint density at radius 2 is 1.81 bits per heavy atom. The van der Waals surface area contributed by atoms with Crippen LogP contribution in [0.25, 0.3) is 0 Å². The van der Waals surface area contributed by atoms with Gasteiger partial charge in [0.25, 0.3) is 0 Å². The summed E-state index contributed by atoms with van der Waals surface area (Å²) >= 11 is 0. The first-order valence-corrected chi connectivity index (χ1v) is 7.33. The molecule has 6 heteroatoms. The molecule has 1 atom stereocenters. The van der Waals surface area contributed by atoms with Crippen molar-refractivity contribution >= 4 is 23.3 Å². The van der Waals surface area contributed by atoms with Gasteiger partial charge in [-0.3, -0.25) is 4.79 Å². The minimum Gasteiger partial charge on any atom is -0.351 e. The number of rotatable bonds is 5. The predicted octanol–water partition coefficient (Wildman–Crippen LogP) is 2.04. The summed E-state index contributed by atoms with van der Waals surface area (Å²) in [5, 5.41) is 8.75. The van der Waals surface area contributed by atoms with Crippen LogP contribution in [0.15, 0.2) is 24.3 Å². The minimum absolute atomic E-state index is 0.0120. The van der Waals surface area contributed by atoms with Crippen LogP contribution in [0.3, 0.4) is 0 Å². The average molecular weight is 290 g/mol. The number of primary amides is 1. The van der Waals surface area contributed by atoms with Gasteiger partial charge in [-0.25, -0.2) is 4.79 Å². The quantitative estimate of drug-likeness (QED) is 0.668. The van der Waals surface area contributed by atoms with E-state index in [1.54, 1.807) is 24.3 Å². The first kappa shape index (κ1) is 15.3. The van der Waals surface area contributed by atoms with Gasteiger partial charge in [0.05, 0.1) is 0 Å². The number of carbonyl (C=O) groups is 2. The normalized spacial score (nSPS) is 18.0. The van der Waals surface area contributed by atoms with E-state index in [1.807, 2.05) is 0 Å². The van der Waals surface area contributed by atoms with Crippen LogP contribution in [0.2, 0.25) is 0 Å². The first-order valence-electron chi connectivity index (χ1n) is 7.33. The monoisotopic (exact) mass is 290 g/mol. The van der Waals surface area contributed by atoms with Crippen molar-refractivity contribution in [2.45, 2.75) is 38.1 Å². The van der Waals surface area contributed by atoms with Gasteiger partial charge in [-0.15, -0.1) is 0 Å². The molecule has 1 fully saturated rings. The van der Waals surface area contributed by atoms with Crippen LogP contribution in [-0.2, 0) is 4.79 Å². The molecular weight excluding hydrogens is 268 g/mol. The number of nitrogens with two attached hydrogens (primary N) is 1. The highest BCUT2D eigenvalue weighted by Gasteiger charge is 2.14. The van der Waals surface area contributed by atoms with E-state index in [1.165, 1.54) is 12.8 Å². The Hall–Kier alpha value is -2.08. The summed E-state index contributed by atoms with van der Waals surface area (Å²) in [6.07, 6.45) is 5.01. The van der Waals surface area contributed by atoms with Crippen LogP contribution >= 0.6 is 0 Å². The highest BCUT2D eigenvalue weighted by Crippen LogP contribution is 2.15. The maximum absolute atomic E-state index is 11.9. The molecule has 114 valence electrons. The third kappa shape index (κ3) is 5.43. The molecule has 21 heavy (non-hydrogen) atoms. The molecule has 0 radical (unpaired) electrons. The van der Waals surface area contributed by atoms with Gasteiger partial charge in [0.2, 0.25) is 5.91 Å². The van der Waals surface area contributed by atoms with Crippen molar-refractivity contribution < 1.29 is 9.59 Å². The van der Waals surface area contributed by atoms with Gasteiger partial charge in [-0.2, -0.15) is 0 Å². The molecular formula is C15H22N4O2. The van der Waals surface area contributed by atoms with Crippen molar-refractivity contribution in [2.24, 2.45) is 5.73 Å². The molecule has 2 rings (SSSR count). The summed E-state index contributed by atoms with van der Waals surface area (Å²) in [4.78, 5) is 22.6. The van der Waals surface area contributed by atoms with Crippen LogP contribution < -0.4 is 21.7 Å². The van der Waals surface area contributed by atoms with E-state index in [2.05, 4.69) is 16.0 Å². The van der Waals surface area contributed by atoms with Crippen molar-refractivity contribution in [1.82, 2.24) is 5.32 Å². The zero-order valence-corrected chi connectivity index (χ0v) is 12.0. The van der Waals surface area contributed by atoms with E-state index in [4.69, 9.17) is 5.73 Å². The van der Waals surface area contributed by atoms with Crippen LogP contribution in [0.4, 0.5) is 16.2 Å². The number of anilines is 2. The Morgan fingerprint density at radius 3 is 2.38 bits per heavy atom. The van der Waals surface area contributed by atoms with E-state index < -0.39 is 6.03 Å². The second kappa shape index (κ2) is 7.64. The van der Waals surface area contributed by atoms with Gasteiger partial charge in [0.1, 0.15) is 0 Å². The molecule has 3 amide bonds. The molecule has 0 bridgehead atoms. The maximum Gasteiger partial charge on any atom is 0.316 e. The zero-order valence-electron chi connectivity index (χ0n) is 12.0. The molecule has 0 aliphatic carbocycles. The lowest BCUT2D eigenvalue weighted by Gasteiger charge is -2.23. The lowest BCUT2D eigenvalue weighted by atomic mass is 10.0. The summed E-state index contributed by atoms with van der Waals surface area (Å²) in [6, 6.07) is 6.73. The Labute approximate surface area is 124 Å². The van der Waals surface area contributed by atoms with Gasteiger partial charge in [0.15, 0.2) is 0 Å². The summed E-state index contributed by atoms with van der Waals surface area (Å²) in [7, 11) is 0. The average Bonchev–Trinajstić information content (AvgIpc) is 2.48. The molecule has 0 spiro atoms. The summed E-state index contributed by atoms with van der Waals surface area (Å²) in [6.45, 7) is 1.06. The van der Waals surface area contributed by atoms with Crippen LogP contribution in [0.5, 0.6) is 0 Å². The fourth-order valence-corrected chi connectivity index (χ4v) is 2.48. The molecule has 0 aromatic heterocycles. The number of piperidine rings is 1. The number of hydrogen-bond acceptors (Lipinski definition) is 3. The fourth-order valence-electron chi connectivity index (χ4n) is 2.48. The van der Waals surface area contributed by atoms with Crippen molar-refractivity contribution in [1.29, 1.82) is 0 Å². The summed E-state index contributed by atoms with van der Waals surface area (Å²) < 4.78 is 0. The molecule has 1 heterocycles. The molecule has 1 aromatic carbocycles. The van der Waals surface area contributed by atoms with Gasteiger partial charge < -0.3 is 21.7 Å². The second-order valence-corrected chi connectivity index (χ2v) is 5.30. The van der Waals surface area contributed by atoms with Crippen LogP contribution in [0, 0.1) is 0 Å². The number of amides is 3. The van der Waals surface area contributed by atoms with E-state index >= 15 is 0 Å². The van der Waals surface area contributed by atoms with E-state index in [0.717, 1.165) is 19.4 Å². The lowest BCUT2D eigenvalue weighted by Crippen LogP contribution is -2.34. The van der Waals surface area contributed by atoms with Crippen molar-refractivity contribution in [3.8, 4) is 0 Å². The van der Waals surface area contributed by atoms with Gasteiger partial charge in [-0.1, -0.05) is 6.42 Å². The van der Waals surface area contributed by atoms with Gasteiger partial charge >= 0.3 is 6.03 Å².